The Morgan fingerprint density at radius 2 is 2.06 bits per heavy atom. The molecule has 0 aromatic rings. The van der Waals surface area contributed by atoms with Crippen LogP contribution in [-0.4, -0.2) is 52.1 Å². The Morgan fingerprint density at radius 3 is 2.56 bits per heavy atom. The minimum atomic E-state index is -1.05. The second-order valence-electron chi connectivity index (χ2n) is 5.29. The third-order valence-corrected chi connectivity index (χ3v) is 5.04. The lowest BCUT2D eigenvalue weighted by molar-refractivity contribution is -0.143. The van der Waals surface area contributed by atoms with Crippen LogP contribution in [0.1, 0.15) is 26.2 Å². The zero-order valence-corrected chi connectivity index (χ0v) is 11.5. The number of amides is 2. The number of aliphatic carboxylic acids is 1. The molecule has 18 heavy (non-hydrogen) atoms. The standard InChI is InChI=1S/C12H20N2O3S/c1-9-2-5-14(6-3-9)11(17)13-12(10(15)16)4-7-18-8-12/h9H,2-8H2,1H3,(H,13,17)(H,15,16). The molecule has 2 heterocycles. The third-order valence-electron chi connectivity index (χ3n) is 3.85. The van der Waals surface area contributed by atoms with Gasteiger partial charge in [0.25, 0.3) is 0 Å². The molecule has 2 saturated heterocycles. The largest absolute Gasteiger partial charge is 0.479 e. The van der Waals surface area contributed by atoms with Gasteiger partial charge in [0.15, 0.2) is 0 Å². The van der Waals surface area contributed by atoms with Crippen LogP contribution in [0.4, 0.5) is 4.79 Å². The Balaban J connectivity index is 1.95. The average Bonchev–Trinajstić information content (AvgIpc) is 2.79. The summed E-state index contributed by atoms with van der Waals surface area (Å²) in [5.41, 5.74) is -1.05. The van der Waals surface area contributed by atoms with Gasteiger partial charge in [-0.15, -0.1) is 0 Å². The molecule has 2 aliphatic rings. The molecule has 0 saturated carbocycles. The highest BCUT2D eigenvalue weighted by Gasteiger charge is 2.44. The van der Waals surface area contributed by atoms with E-state index in [2.05, 4.69) is 12.2 Å². The number of hydrogen-bond donors (Lipinski definition) is 2. The molecule has 2 N–H and O–H groups in total. The number of likely N-dealkylation sites (tertiary alicyclic amines) is 1. The smallest absolute Gasteiger partial charge is 0.330 e. The minimum Gasteiger partial charge on any atom is -0.479 e. The van der Waals surface area contributed by atoms with Gasteiger partial charge in [-0.05, 0) is 30.9 Å². The first-order valence-corrected chi connectivity index (χ1v) is 7.57. The second kappa shape index (κ2) is 5.38. The van der Waals surface area contributed by atoms with Crippen LogP contribution in [0.5, 0.6) is 0 Å². The summed E-state index contributed by atoms with van der Waals surface area (Å²) in [6.45, 7) is 3.65. The van der Waals surface area contributed by atoms with Gasteiger partial charge >= 0.3 is 12.0 Å². The summed E-state index contributed by atoms with van der Waals surface area (Å²) in [4.78, 5) is 25.2. The number of hydrogen-bond acceptors (Lipinski definition) is 3. The minimum absolute atomic E-state index is 0.216. The van der Waals surface area contributed by atoms with Gasteiger partial charge in [0.2, 0.25) is 0 Å². The predicted molar refractivity (Wildman–Crippen MR) is 70.8 cm³/mol. The molecule has 0 bridgehead atoms. The molecule has 0 aromatic heterocycles. The van der Waals surface area contributed by atoms with E-state index in [1.54, 1.807) is 16.7 Å². The summed E-state index contributed by atoms with van der Waals surface area (Å²) in [6, 6.07) is -0.216. The summed E-state index contributed by atoms with van der Waals surface area (Å²) in [5.74, 6) is 1.01. The Bertz CT molecular complexity index is 334. The maximum absolute atomic E-state index is 12.1. The summed E-state index contributed by atoms with van der Waals surface area (Å²) in [6.07, 6.45) is 2.52. The van der Waals surface area contributed by atoms with E-state index >= 15 is 0 Å². The average molecular weight is 272 g/mol. The van der Waals surface area contributed by atoms with Crippen molar-refractivity contribution in [2.75, 3.05) is 24.6 Å². The molecule has 2 fully saturated rings. The van der Waals surface area contributed by atoms with Gasteiger partial charge in [-0.2, -0.15) is 11.8 Å². The molecule has 1 atom stereocenters. The topological polar surface area (TPSA) is 69.6 Å². The van der Waals surface area contributed by atoms with Crippen LogP contribution in [0.15, 0.2) is 0 Å². The molecular weight excluding hydrogens is 252 g/mol. The molecule has 2 rings (SSSR count). The fraction of sp³-hybridized carbons (Fsp3) is 0.833. The molecule has 2 amide bonds. The van der Waals surface area contributed by atoms with Crippen LogP contribution in [0.2, 0.25) is 0 Å². The first-order valence-electron chi connectivity index (χ1n) is 6.42. The quantitative estimate of drug-likeness (QED) is 0.797. The molecule has 0 aliphatic carbocycles. The molecule has 5 nitrogen and oxygen atoms in total. The second-order valence-corrected chi connectivity index (χ2v) is 6.39. The van der Waals surface area contributed by atoms with Crippen molar-refractivity contribution < 1.29 is 14.7 Å². The summed E-state index contributed by atoms with van der Waals surface area (Å²) in [5, 5.41) is 12.0. The molecule has 6 heteroatoms. The van der Waals surface area contributed by atoms with Crippen molar-refractivity contribution in [1.82, 2.24) is 10.2 Å². The van der Waals surface area contributed by atoms with Crippen molar-refractivity contribution in [3.63, 3.8) is 0 Å². The van der Waals surface area contributed by atoms with Crippen molar-refractivity contribution in [1.29, 1.82) is 0 Å². The maximum Gasteiger partial charge on any atom is 0.330 e. The van der Waals surface area contributed by atoms with Crippen molar-refractivity contribution in [3.05, 3.63) is 0 Å². The van der Waals surface area contributed by atoms with Gasteiger partial charge in [0.05, 0.1) is 0 Å². The summed E-state index contributed by atoms with van der Waals surface area (Å²) in [7, 11) is 0. The third kappa shape index (κ3) is 2.74. The van der Waals surface area contributed by atoms with Gasteiger partial charge in [-0.3, -0.25) is 0 Å². The number of carboxylic acids is 1. The van der Waals surface area contributed by atoms with Crippen LogP contribution in [0, 0.1) is 5.92 Å². The summed E-state index contributed by atoms with van der Waals surface area (Å²) < 4.78 is 0. The van der Waals surface area contributed by atoms with Gasteiger partial charge in [-0.1, -0.05) is 6.92 Å². The Kier molecular flexibility index (Phi) is 4.04. The van der Waals surface area contributed by atoms with E-state index in [4.69, 9.17) is 0 Å². The van der Waals surface area contributed by atoms with Crippen LogP contribution >= 0.6 is 11.8 Å². The van der Waals surface area contributed by atoms with E-state index in [-0.39, 0.29) is 6.03 Å². The number of rotatable bonds is 2. The molecule has 2 aliphatic heterocycles. The molecular formula is C12H20N2O3S. The number of carbonyl (C=O) groups excluding carboxylic acids is 1. The zero-order valence-electron chi connectivity index (χ0n) is 10.6. The lowest BCUT2D eigenvalue weighted by Crippen LogP contribution is -2.58. The van der Waals surface area contributed by atoms with Crippen molar-refractivity contribution in [2.45, 2.75) is 31.7 Å². The van der Waals surface area contributed by atoms with Crippen molar-refractivity contribution in [3.8, 4) is 0 Å². The lowest BCUT2D eigenvalue weighted by atomic mass is 9.98. The van der Waals surface area contributed by atoms with E-state index in [0.29, 0.717) is 18.1 Å². The molecule has 1 unspecified atom stereocenters. The van der Waals surface area contributed by atoms with E-state index in [0.717, 1.165) is 31.7 Å². The summed E-state index contributed by atoms with van der Waals surface area (Å²) >= 11 is 1.58. The van der Waals surface area contributed by atoms with Crippen LogP contribution in [0.3, 0.4) is 0 Å². The van der Waals surface area contributed by atoms with Gasteiger partial charge in [-0.25, -0.2) is 9.59 Å². The van der Waals surface area contributed by atoms with Crippen molar-refractivity contribution >= 4 is 23.8 Å². The number of nitrogens with one attached hydrogen (secondary N) is 1. The Morgan fingerprint density at radius 1 is 1.39 bits per heavy atom. The number of nitrogens with zero attached hydrogens (tertiary/aromatic N) is 1. The van der Waals surface area contributed by atoms with Gasteiger partial charge in [0, 0.05) is 18.8 Å². The predicted octanol–water partition coefficient (Wildman–Crippen LogP) is 1.39. The van der Waals surface area contributed by atoms with Crippen LogP contribution < -0.4 is 5.32 Å². The number of carboxylic acid groups (broad SMARTS) is 1. The first-order chi connectivity index (χ1) is 8.53. The number of piperidine rings is 1. The van der Waals surface area contributed by atoms with Crippen LogP contribution in [0.25, 0.3) is 0 Å². The normalized spacial score (nSPS) is 29.3. The lowest BCUT2D eigenvalue weighted by Gasteiger charge is -2.33. The molecule has 0 spiro atoms. The number of thioether (sulfide) groups is 1. The van der Waals surface area contributed by atoms with E-state index in [9.17, 15) is 14.7 Å². The monoisotopic (exact) mass is 272 g/mol. The van der Waals surface area contributed by atoms with Gasteiger partial charge in [0.1, 0.15) is 5.54 Å². The Labute approximate surface area is 111 Å². The first kappa shape index (κ1) is 13.5. The van der Waals surface area contributed by atoms with E-state index in [1.165, 1.54) is 0 Å². The molecule has 0 aromatic carbocycles. The molecule has 0 radical (unpaired) electrons. The Hall–Kier alpha value is -0.910. The van der Waals surface area contributed by atoms with Gasteiger partial charge < -0.3 is 15.3 Å². The van der Waals surface area contributed by atoms with Crippen molar-refractivity contribution in [2.24, 2.45) is 5.92 Å². The number of carbonyl (C=O) groups is 2. The SMILES string of the molecule is CC1CCN(C(=O)NC2(C(=O)O)CCSC2)CC1. The highest BCUT2D eigenvalue weighted by Crippen LogP contribution is 2.28. The zero-order chi connectivity index (χ0) is 13.2. The fourth-order valence-electron chi connectivity index (χ4n) is 2.38. The fourth-order valence-corrected chi connectivity index (χ4v) is 3.71. The highest BCUT2D eigenvalue weighted by molar-refractivity contribution is 7.99. The van der Waals surface area contributed by atoms with E-state index < -0.39 is 11.5 Å². The number of urea groups is 1. The molecule has 102 valence electrons. The van der Waals surface area contributed by atoms with E-state index in [1.807, 2.05) is 0 Å². The maximum atomic E-state index is 12.1. The van der Waals surface area contributed by atoms with Crippen LogP contribution in [-0.2, 0) is 4.79 Å². The highest BCUT2D eigenvalue weighted by atomic mass is 32.2.